The molecule has 1 fully saturated rings. The average Bonchev–Trinajstić information content (AvgIpc) is 2.88. The number of rotatable bonds is 5. The van der Waals surface area contributed by atoms with Crippen LogP contribution in [0.15, 0.2) is 23.1 Å². The number of nitrogens with zero attached hydrogens (tertiary/aromatic N) is 1. The first kappa shape index (κ1) is 18.4. The Balaban J connectivity index is 1.65. The molecule has 0 N–H and O–H groups in total. The van der Waals surface area contributed by atoms with Gasteiger partial charge in [-0.2, -0.15) is 0 Å². The predicted octanol–water partition coefficient (Wildman–Crippen LogP) is 4.51. The summed E-state index contributed by atoms with van der Waals surface area (Å²) < 4.78 is 11.4. The lowest BCUT2D eigenvalue weighted by atomic mass is 9.94. The minimum atomic E-state index is -0.0911. The van der Waals surface area contributed by atoms with Gasteiger partial charge in [-0.15, -0.1) is 11.8 Å². The Morgan fingerprint density at radius 1 is 1.16 bits per heavy atom. The predicted molar refractivity (Wildman–Crippen MR) is 102 cm³/mol. The molecule has 0 saturated heterocycles. The summed E-state index contributed by atoms with van der Waals surface area (Å²) in [7, 11) is 0. The molecule has 1 atom stereocenters. The summed E-state index contributed by atoms with van der Waals surface area (Å²) in [4.78, 5) is 16.1. The molecule has 4 nitrogen and oxygen atoms in total. The van der Waals surface area contributed by atoms with E-state index in [2.05, 4.69) is 11.8 Å². The number of carbonyl (C=O) groups is 1. The number of carbonyl (C=O) groups excluding carboxylic acids is 1. The number of ether oxygens (including phenoxy) is 2. The van der Waals surface area contributed by atoms with Gasteiger partial charge in [-0.25, -0.2) is 0 Å². The molecule has 1 saturated carbocycles. The molecule has 2 aliphatic rings. The summed E-state index contributed by atoms with van der Waals surface area (Å²) in [6.45, 7) is 6.29. The van der Waals surface area contributed by atoms with Crippen molar-refractivity contribution in [3.05, 3.63) is 18.2 Å². The van der Waals surface area contributed by atoms with Gasteiger partial charge in [0.25, 0.3) is 0 Å². The fraction of sp³-hybridized carbons (Fsp3) is 0.650. The Morgan fingerprint density at radius 3 is 2.60 bits per heavy atom. The monoisotopic (exact) mass is 363 g/mol. The molecule has 0 bridgehead atoms. The van der Waals surface area contributed by atoms with Crippen molar-refractivity contribution in [3.8, 4) is 11.5 Å². The molecule has 25 heavy (non-hydrogen) atoms. The maximum atomic E-state index is 13.0. The van der Waals surface area contributed by atoms with Crippen molar-refractivity contribution in [2.24, 2.45) is 0 Å². The molecular weight excluding hydrogens is 334 g/mol. The van der Waals surface area contributed by atoms with Crippen molar-refractivity contribution in [1.82, 2.24) is 4.90 Å². The van der Waals surface area contributed by atoms with Gasteiger partial charge in [0.1, 0.15) is 0 Å². The van der Waals surface area contributed by atoms with E-state index in [1.165, 1.54) is 19.3 Å². The van der Waals surface area contributed by atoms with Crippen molar-refractivity contribution >= 4 is 17.7 Å². The van der Waals surface area contributed by atoms with E-state index in [0.29, 0.717) is 19.3 Å². The van der Waals surface area contributed by atoms with E-state index in [1.807, 2.05) is 25.1 Å². The summed E-state index contributed by atoms with van der Waals surface area (Å²) in [6.07, 6.45) is 7.01. The fourth-order valence-corrected chi connectivity index (χ4v) is 4.66. The lowest BCUT2D eigenvalue weighted by Gasteiger charge is -2.35. The van der Waals surface area contributed by atoms with E-state index in [-0.39, 0.29) is 11.2 Å². The van der Waals surface area contributed by atoms with Crippen molar-refractivity contribution in [3.63, 3.8) is 0 Å². The number of hydrogen-bond donors (Lipinski definition) is 0. The van der Waals surface area contributed by atoms with E-state index in [1.54, 1.807) is 11.8 Å². The molecule has 1 aliphatic heterocycles. The number of hydrogen-bond acceptors (Lipinski definition) is 4. The minimum absolute atomic E-state index is 0.0911. The van der Waals surface area contributed by atoms with Gasteiger partial charge in [0.2, 0.25) is 5.91 Å². The number of fused-ring (bicyclic) bond motifs is 1. The Labute approximate surface area is 155 Å². The molecule has 1 unspecified atom stereocenters. The third kappa shape index (κ3) is 4.63. The van der Waals surface area contributed by atoms with E-state index < -0.39 is 0 Å². The average molecular weight is 364 g/mol. The number of thioether (sulfide) groups is 1. The summed E-state index contributed by atoms with van der Waals surface area (Å²) in [5.74, 6) is 1.85. The third-order valence-corrected chi connectivity index (χ3v) is 6.10. The molecule has 0 radical (unpaired) electrons. The van der Waals surface area contributed by atoms with Gasteiger partial charge in [-0.3, -0.25) is 4.79 Å². The molecule has 3 rings (SSSR count). The van der Waals surface area contributed by atoms with E-state index >= 15 is 0 Å². The van der Waals surface area contributed by atoms with Gasteiger partial charge in [0.05, 0.1) is 18.5 Å². The van der Waals surface area contributed by atoms with Gasteiger partial charge in [0, 0.05) is 23.9 Å². The summed E-state index contributed by atoms with van der Waals surface area (Å²) >= 11 is 1.61. The molecule has 1 heterocycles. The third-order valence-electron chi connectivity index (χ3n) is 5.02. The molecule has 0 aromatic heterocycles. The number of amides is 1. The van der Waals surface area contributed by atoms with Crippen molar-refractivity contribution in [1.29, 1.82) is 0 Å². The zero-order valence-corrected chi connectivity index (χ0v) is 16.1. The standard InChI is InChI=1S/C20H29NO3S/c1-3-21(16-8-5-4-6-9-16)20(22)15(2)25-17-10-11-18-19(14-17)24-13-7-12-23-18/h10-11,14-16H,3-9,12-13H2,1-2H3. The highest BCUT2D eigenvalue weighted by molar-refractivity contribution is 8.00. The van der Waals surface area contributed by atoms with Crippen LogP contribution in [0.4, 0.5) is 0 Å². The van der Waals surface area contributed by atoms with Crippen molar-refractivity contribution in [2.45, 2.75) is 68.6 Å². The smallest absolute Gasteiger partial charge is 0.236 e. The molecule has 1 aromatic rings. The second kappa shape index (κ2) is 8.84. The zero-order valence-electron chi connectivity index (χ0n) is 15.3. The van der Waals surface area contributed by atoms with Crippen LogP contribution in [-0.2, 0) is 4.79 Å². The largest absolute Gasteiger partial charge is 0.490 e. The molecule has 5 heteroatoms. The highest BCUT2D eigenvalue weighted by Gasteiger charge is 2.28. The Kier molecular flexibility index (Phi) is 6.51. The van der Waals surface area contributed by atoms with Crippen LogP contribution >= 0.6 is 11.8 Å². The highest BCUT2D eigenvalue weighted by atomic mass is 32.2. The molecule has 0 spiro atoms. The minimum Gasteiger partial charge on any atom is -0.490 e. The number of benzene rings is 1. The highest BCUT2D eigenvalue weighted by Crippen LogP contribution is 2.36. The van der Waals surface area contributed by atoms with Gasteiger partial charge >= 0.3 is 0 Å². The van der Waals surface area contributed by atoms with Gasteiger partial charge in [0.15, 0.2) is 11.5 Å². The lowest BCUT2D eigenvalue weighted by molar-refractivity contribution is -0.133. The van der Waals surface area contributed by atoms with Crippen LogP contribution in [0.3, 0.4) is 0 Å². The maximum absolute atomic E-state index is 13.0. The second-order valence-electron chi connectivity index (χ2n) is 6.84. The first-order valence-electron chi connectivity index (χ1n) is 9.56. The lowest BCUT2D eigenvalue weighted by Crippen LogP contribution is -2.44. The molecule has 1 aliphatic carbocycles. The Morgan fingerprint density at radius 2 is 1.88 bits per heavy atom. The van der Waals surface area contributed by atoms with Gasteiger partial charge in [-0.05, 0) is 44.9 Å². The molecule has 1 aromatic carbocycles. The Bertz CT molecular complexity index is 586. The first-order chi connectivity index (χ1) is 12.2. The van der Waals surface area contributed by atoms with Crippen LogP contribution in [-0.4, -0.2) is 41.9 Å². The van der Waals surface area contributed by atoms with Crippen LogP contribution in [0.25, 0.3) is 0 Å². The van der Waals surface area contributed by atoms with Crippen LogP contribution in [0, 0.1) is 0 Å². The van der Waals surface area contributed by atoms with Crippen LogP contribution in [0.5, 0.6) is 11.5 Å². The van der Waals surface area contributed by atoms with Crippen LogP contribution in [0.2, 0.25) is 0 Å². The van der Waals surface area contributed by atoms with E-state index in [4.69, 9.17) is 9.47 Å². The van der Waals surface area contributed by atoms with Crippen molar-refractivity contribution in [2.75, 3.05) is 19.8 Å². The summed E-state index contributed by atoms with van der Waals surface area (Å²) in [5.41, 5.74) is 0. The quantitative estimate of drug-likeness (QED) is 0.722. The van der Waals surface area contributed by atoms with Crippen molar-refractivity contribution < 1.29 is 14.3 Å². The van der Waals surface area contributed by atoms with Gasteiger partial charge in [-0.1, -0.05) is 19.3 Å². The molecular formula is C20H29NO3S. The van der Waals surface area contributed by atoms with E-state index in [0.717, 1.165) is 42.2 Å². The second-order valence-corrected chi connectivity index (χ2v) is 8.25. The molecule has 1 amide bonds. The van der Waals surface area contributed by atoms with Crippen LogP contribution in [0.1, 0.15) is 52.4 Å². The summed E-state index contributed by atoms with van der Waals surface area (Å²) in [5, 5.41) is -0.0911. The summed E-state index contributed by atoms with van der Waals surface area (Å²) in [6, 6.07) is 6.42. The first-order valence-corrected chi connectivity index (χ1v) is 10.4. The van der Waals surface area contributed by atoms with E-state index in [9.17, 15) is 4.79 Å². The SMILES string of the molecule is CCN(C(=O)C(C)Sc1ccc2c(c1)OCCCO2)C1CCCCC1. The zero-order chi connectivity index (χ0) is 17.6. The fourth-order valence-electron chi connectivity index (χ4n) is 3.69. The normalized spacial score (nSPS) is 19.1. The van der Waals surface area contributed by atoms with Gasteiger partial charge < -0.3 is 14.4 Å². The maximum Gasteiger partial charge on any atom is 0.236 e. The molecule has 138 valence electrons. The van der Waals surface area contributed by atoms with Crippen LogP contribution < -0.4 is 9.47 Å². The topological polar surface area (TPSA) is 38.8 Å². The Hall–Kier alpha value is -1.36.